The second kappa shape index (κ2) is 28.3. The lowest BCUT2D eigenvalue weighted by Gasteiger charge is -2.45. The topological polar surface area (TPSA) is 324 Å². The predicted molar refractivity (Wildman–Crippen MR) is 337 cm³/mol. The van der Waals surface area contributed by atoms with E-state index >= 15 is 4.79 Å². The highest BCUT2D eigenvalue weighted by Gasteiger charge is 2.51. The summed E-state index contributed by atoms with van der Waals surface area (Å²) >= 11 is 0. The van der Waals surface area contributed by atoms with E-state index in [1.54, 1.807) is 75.9 Å². The smallest absolute Gasteiger partial charge is 0.417 e. The Morgan fingerprint density at radius 3 is 2.34 bits per heavy atom. The van der Waals surface area contributed by atoms with Gasteiger partial charge < -0.3 is 65.4 Å². The van der Waals surface area contributed by atoms with Crippen LogP contribution in [0.5, 0.6) is 11.6 Å². The molecular weight excluding hydrogens is 1180 g/mol. The largest absolute Gasteiger partial charge is 0.472 e. The van der Waals surface area contributed by atoms with Crippen molar-refractivity contribution in [2.75, 3.05) is 74.4 Å². The Labute approximate surface area is 533 Å². The Kier molecular flexibility index (Phi) is 20.1. The molecule has 10 rings (SSSR count). The summed E-state index contributed by atoms with van der Waals surface area (Å²) in [5.74, 6) is -1.71. The zero-order chi connectivity index (χ0) is 65.4. The number of rotatable bonds is 22. The van der Waals surface area contributed by atoms with Gasteiger partial charge in [0, 0.05) is 100 Å². The molecule has 5 aliphatic rings. The van der Waals surface area contributed by atoms with Crippen LogP contribution in [0.3, 0.4) is 0 Å². The van der Waals surface area contributed by atoms with Crippen molar-refractivity contribution >= 4 is 64.9 Å². The fourth-order valence-corrected chi connectivity index (χ4v) is 12.2. The quantitative estimate of drug-likeness (QED) is 0.0292. The third-order valence-corrected chi connectivity index (χ3v) is 16.8. The summed E-state index contributed by atoms with van der Waals surface area (Å²) in [5.41, 5.74) is 9.08. The Morgan fingerprint density at radius 1 is 0.870 bits per heavy atom. The number of aromatic nitrogens is 3. The molecule has 3 fully saturated rings. The maximum atomic E-state index is 15.1. The molecule has 6 atom stereocenters. The van der Waals surface area contributed by atoms with Crippen molar-refractivity contribution in [3.8, 4) is 22.9 Å². The lowest BCUT2D eigenvalue weighted by molar-refractivity contribution is -0.137. The number of alkyl carbamates (subject to hydrolysis) is 1. The van der Waals surface area contributed by atoms with Gasteiger partial charge in [0.2, 0.25) is 35.7 Å². The molecule has 9 amide bonds. The molecule has 3 aromatic carbocycles. The number of pyridine rings is 1. The highest BCUT2D eigenvalue weighted by molar-refractivity contribution is 6.06. The standard InChI is InChI=1S/C65H80N14O13/c1-39(2)54(71-62(86)92-64(3,4)5)58(83)69-47(17-13-25-67-61(66)85)56(81)72-59(41-14-9-8-10-15-41)91-63(87)78-37-65(6)32-44(36-79(65)50-31-48(73-74-55(50)78)45-16-11-12-18-51(45)89-38-88-7)90-53-24-19-40(33-68-53)34-75-26-28-76(29-27-75)43-21-20-42-35-77(60(84)46(42)30-43)49-22-23-52(80)70-57(49)82/h8-12,14-16,18-21,24,30-31,33,39,44,47,49,54,59H,13,17,22-23,25-29,32,34-38H2,1-7H3,(H,69,83)(H,71,86)(H,72,81)(H3,66,67,85)(H,70,80,82)/t44-,47+,49+,54+,59?,65+/m1/s1. The zero-order valence-corrected chi connectivity index (χ0v) is 52.8. The molecule has 3 saturated heterocycles. The number of hydrogen-bond acceptors (Lipinski definition) is 19. The molecule has 5 aliphatic heterocycles. The predicted octanol–water partition coefficient (Wildman–Crippen LogP) is 5.28. The maximum Gasteiger partial charge on any atom is 0.417 e. The van der Waals surface area contributed by atoms with Crippen LogP contribution in [0.15, 0.2) is 97.2 Å². The number of hydrogen-bond donors (Lipinski definition) is 6. The second-order valence-corrected chi connectivity index (χ2v) is 25.2. The van der Waals surface area contributed by atoms with Crippen LogP contribution in [0.25, 0.3) is 11.3 Å². The highest BCUT2D eigenvalue weighted by atomic mass is 16.7. The summed E-state index contributed by atoms with van der Waals surface area (Å²) in [6.45, 7) is 15.0. The fraction of sp³-hybridized carbons (Fsp3) is 0.462. The molecule has 27 heteroatoms. The number of carbonyl (C=O) groups is 8. The highest BCUT2D eigenvalue weighted by Crippen LogP contribution is 2.47. The SMILES string of the molecule is COCOc1ccccc1-c1cc2c(nn1)N(C(=O)OC(NC(=O)[C@H](CCCNC(N)=O)NC(=O)[C@@H](NC(=O)OC(C)(C)C)C(C)C)c1ccccc1)C[C@]1(C)C[C@@H](Oc3ccc(CN4CCN(c5ccc6c(c5)C(=O)N([C@H]5CCC(=O)NC5=O)C6)CC4)cn3)CN21. The lowest BCUT2D eigenvalue weighted by atomic mass is 9.94. The molecule has 7 heterocycles. The van der Waals surface area contributed by atoms with Crippen molar-refractivity contribution in [2.24, 2.45) is 11.7 Å². The average molecular weight is 1270 g/mol. The van der Waals surface area contributed by atoms with E-state index in [0.717, 1.165) is 43.0 Å². The first-order valence-electron chi connectivity index (χ1n) is 30.9. The van der Waals surface area contributed by atoms with Crippen molar-refractivity contribution in [3.05, 3.63) is 119 Å². The van der Waals surface area contributed by atoms with Gasteiger partial charge in [-0.1, -0.05) is 68.4 Å². The molecule has 0 saturated carbocycles. The maximum absolute atomic E-state index is 15.1. The number of imide groups is 1. The molecule has 5 aromatic rings. The van der Waals surface area contributed by atoms with Gasteiger partial charge in [-0.2, -0.15) is 0 Å². The molecule has 27 nitrogen and oxygen atoms in total. The zero-order valence-electron chi connectivity index (χ0n) is 52.8. The molecule has 0 aliphatic carbocycles. The number of anilines is 3. The van der Waals surface area contributed by atoms with E-state index < -0.39 is 83.5 Å². The molecule has 0 radical (unpaired) electrons. The Hall–Kier alpha value is -9.63. The van der Waals surface area contributed by atoms with Crippen LogP contribution in [0, 0.1) is 5.92 Å². The van der Waals surface area contributed by atoms with Gasteiger partial charge in [0.25, 0.3) is 5.91 Å². The number of nitrogens with two attached hydrogens (primary N) is 1. The summed E-state index contributed by atoms with van der Waals surface area (Å²) < 4.78 is 29.6. The van der Waals surface area contributed by atoms with Crippen molar-refractivity contribution in [3.63, 3.8) is 0 Å². The van der Waals surface area contributed by atoms with Crippen LogP contribution in [-0.2, 0) is 46.5 Å². The monoisotopic (exact) mass is 1260 g/mol. The Bertz CT molecular complexity index is 3550. The van der Waals surface area contributed by atoms with Gasteiger partial charge in [-0.05, 0) is 94.3 Å². The van der Waals surface area contributed by atoms with Gasteiger partial charge in [-0.3, -0.25) is 39.1 Å². The van der Waals surface area contributed by atoms with Gasteiger partial charge in [-0.15, -0.1) is 10.2 Å². The number of fused-ring (bicyclic) bond motifs is 4. The summed E-state index contributed by atoms with van der Waals surface area (Å²) in [6.07, 6.45) is -0.590. The van der Waals surface area contributed by atoms with E-state index in [1.165, 1.54) is 12.0 Å². The molecular formula is C65H80N14O13. The molecule has 7 N–H and O–H groups in total. The van der Waals surface area contributed by atoms with Gasteiger partial charge in [0.05, 0.1) is 30.0 Å². The van der Waals surface area contributed by atoms with Crippen LogP contribution in [-0.4, -0.2) is 168 Å². The number of ether oxygens (including phenoxy) is 5. The number of benzene rings is 3. The van der Waals surface area contributed by atoms with Crippen molar-refractivity contribution in [1.82, 2.24) is 51.6 Å². The third kappa shape index (κ3) is 15.6. The normalized spacial score (nSPS) is 19.8. The summed E-state index contributed by atoms with van der Waals surface area (Å²) in [5, 5.41) is 22.4. The van der Waals surface area contributed by atoms with Crippen LogP contribution < -0.4 is 56.5 Å². The van der Waals surface area contributed by atoms with Crippen molar-refractivity contribution in [1.29, 1.82) is 0 Å². The number of amides is 9. The number of urea groups is 1. The van der Waals surface area contributed by atoms with Gasteiger partial charge in [0.1, 0.15) is 35.6 Å². The van der Waals surface area contributed by atoms with E-state index in [2.05, 4.69) is 46.4 Å². The summed E-state index contributed by atoms with van der Waals surface area (Å²) in [4.78, 5) is 121. The van der Waals surface area contributed by atoms with Crippen molar-refractivity contribution in [2.45, 2.75) is 128 Å². The third-order valence-electron chi connectivity index (χ3n) is 16.8. The van der Waals surface area contributed by atoms with Crippen LogP contribution in [0.1, 0.15) is 107 Å². The van der Waals surface area contributed by atoms with Gasteiger partial charge in [0.15, 0.2) is 12.6 Å². The average Bonchev–Trinajstić information content (AvgIpc) is 1.46. The van der Waals surface area contributed by atoms with Crippen LogP contribution in [0.2, 0.25) is 0 Å². The minimum absolute atomic E-state index is 0.000510. The van der Waals surface area contributed by atoms with E-state index in [9.17, 15) is 33.6 Å². The lowest BCUT2D eigenvalue weighted by Crippen LogP contribution is -2.57. The first-order valence-corrected chi connectivity index (χ1v) is 30.9. The second-order valence-electron chi connectivity index (χ2n) is 25.2. The number of methoxy groups -OCH3 is 1. The molecule has 1 unspecified atom stereocenters. The van der Waals surface area contributed by atoms with Gasteiger partial charge >= 0.3 is 18.2 Å². The Morgan fingerprint density at radius 2 is 1.63 bits per heavy atom. The number of piperidine rings is 1. The van der Waals surface area contributed by atoms with E-state index in [-0.39, 0.29) is 56.8 Å². The number of carbonyl (C=O) groups excluding carboxylic acids is 8. The molecule has 488 valence electrons. The number of primary amides is 1. The minimum atomic E-state index is -1.42. The molecule has 0 bridgehead atoms. The number of para-hydroxylation sites is 1. The molecule has 92 heavy (non-hydrogen) atoms. The minimum Gasteiger partial charge on any atom is -0.472 e. The van der Waals surface area contributed by atoms with E-state index in [0.29, 0.717) is 72.2 Å². The summed E-state index contributed by atoms with van der Waals surface area (Å²) in [7, 11) is 1.52. The van der Waals surface area contributed by atoms with Crippen LogP contribution >= 0.6 is 0 Å². The summed E-state index contributed by atoms with van der Waals surface area (Å²) in [6, 6.07) is 23.7. The first-order chi connectivity index (χ1) is 44.0. The number of nitrogens with zero attached hydrogens (tertiary/aromatic N) is 8. The number of nitrogens with one attached hydrogen (secondary N) is 5. The molecule has 0 spiro atoms. The fourth-order valence-electron chi connectivity index (χ4n) is 12.2. The molecule has 2 aromatic heterocycles. The van der Waals surface area contributed by atoms with Crippen molar-refractivity contribution < 1.29 is 62.0 Å². The Balaban J connectivity index is 0.833. The van der Waals surface area contributed by atoms with Gasteiger partial charge in [-0.25, -0.2) is 19.4 Å². The number of piperazine rings is 1. The van der Waals surface area contributed by atoms with Crippen LogP contribution in [0.4, 0.5) is 31.6 Å². The van der Waals surface area contributed by atoms with E-state index in [4.69, 9.17) is 39.5 Å². The first kappa shape index (κ1) is 65.3. The van der Waals surface area contributed by atoms with E-state index in [1.807, 2.05) is 67.7 Å².